The van der Waals surface area contributed by atoms with Gasteiger partial charge < -0.3 is 10.1 Å². The van der Waals surface area contributed by atoms with Crippen molar-refractivity contribution in [1.29, 1.82) is 0 Å². The average Bonchev–Trinajstić information content (AvgIpc) is 3.18. The van der Waals surface area contributed by atoms with Gasteiger partial charge in [0.15, 0.2) is 0 Å². The fourth-order valence-electron chi connectivity index (χ4n) is 3.83. The van der Waals surface area contributed by atoms with Crippen LogP contribution in [-0.2, 0) is 17.8 Å². The zero-order valence-electron chi connectivity index (χ0n) is 17.7. The van der Waals surface area contributed by atoms with Gasteiger partial charge in [0, 0.05) is 24.2 Å². The second-order valence-corrected chi connectivity index (χ2v) is 7.92. The van der Waals surface area contributed by atoms with Crippen molar-refractivity contribution in [2.45, 2.75) is 39.0 Å². The third-order valence-electron chi connectivity index (χ3n) is 5.28. The number of nitrogens with one attached hydrogen (secondary N) is 1. The highest BCUT2D eigenvalue weighted by Gasteiger charge is 2.38. The van der Waals surface area contributed by atoms with Crippen LogP contribution in [-0.4, -0.2) is 24.0 Å². The van der Waals surface area contributed by atoms with Crippen LogP contribution in [0.3, 0.4) is 0 Å². The highest BCUT2D eigenvalue weighted by Crippen LogP contribution is 2.33. The second kappa shape index (κ2) is 9.04. The Bertz CT molecular complexity index is 1060. The quantitative estimate of drug-likeness (QED) is 0.652. The molecular weight excluding hydrogens is 388 g/mol. The summed E-state index contributed by atoms with van der Waals surface area (Å²) in [6, 6.07) is 23.9. The molecule has 0 saturated heterocycles. The first-order valence-electron chi connectivity index (χ1n) is 10.5. The lowest BCUT2D eigenvalue weighted by Gasteiger charge is -2.25. The number of hydrogen-bond acceptors (Lipinski definition) is 3. The summed E-state index contributed by atoms with van der Waals surface area (Å²) in [5.74, 6) is 0.472. The van der Waals surface area contributed by atoms with Crippen LogP contribution >= 0.6 is 0 Å². The van der Waals surface area contributed by atoms with Gasteiger partial charge in [-0.05, 0) is 55.3 Å². The van der Waals surface area contributed by atoms with Crippen molar-refractivity contribution in [3.05, 3.63) is 95.6 Å². The van der Waals surface area contributed by atoms with Gasteiger partial charge in [-0.1, -0.05) is 48.5 Å². The van der Waals surface area contributed by atoms with Crippen molar-refractivity contribution in [3.8, 4) is 5.75 Å². The van der Waals surface area contributed by atoms with Crippen LogP contribution in [0.4, 0.5) is 5.69 Å². The number of fused-ring (bicyclic) bond motifs is 1. The minimum absolute atomic E-state index is 0.114. The van der Waals surface area contributed by atoms with E-state index in [2.05, 4.69) is 5.32 Å². The number of carbonyl (C=O) groups is 2. The summed E-state index contributed by atoms with van der Waals surface area (Å²) in [5, 5.41) is 3.00. The molecule has 0 saturated carbocycles. The van der Waals surface area contributed by atoms with E-state index in [-0.39, 0.29) is 17.9 Å². The highest BCUT2D eigenvalue weighted by molar-refractivity contribution is 6.11. The van der Waals surface area contributed by atoms with Crippen LogP contribution in [0.1, 0.15) is 35.3 Å². The highest BCUT2D eigenvalue weighted by atomic mass is 16.5. The normalized spacial score (nSPS) is 14.9. The Balaban J connectivity index is 1.49. The molecule has 3 aromatic rings. The average molecular weight is 415 g/mol. The van der Waals surface area contributed by atoms with E-state index in [0.29, 0.717) is 18.5 Å². The number of anilines is 1. The Labute approximate surface area is 182 Å². The van der Waals surface area contributed by atoms with E-state index in [4.69, 9.17) is 4.74 Å². The summed E-state index contributed by atoms with van der Waals surface area (Å²) in [4.78, 5) is 28.0. The molecule has 4 rings (SSSR count). The number of carbonyl (C=O) groups excluding carboxylic acids is 2. The molecule has 2 amide bonds. The third kappa shape index (κ3) is 4.61. The molecule has 31 heavy (non-hydrogen) atoms. The van der Waals surface area contributed by atoms with Gasteiger partial charge in [0.05, 0.1) is 6.10 Å². The van der Waals surface area contributed by atoms with Crippen LogP contribution in [0.25, 0.3) is 0 Å². The third-order valence-corrected chi connectivity index (χ3v) is 5.28. The van der Waals surface area contributed by atoms with Gasteiger partial charge in [0.25, 0.3) is 5.91 Å². The lowest BCUT2D eigenvalue weighted by atomic mass is 10.1. The molecule has 1 aliphatic rings. The first kappa shape index (κ1) is 20.7. The van der Waals surface area contributed by atoms with Crippen molar-refractivity contribution in [1.82, 2.24) is 5.32 Å². The predicted octanol–water partition coefficient (Wildman–Crippen LogP) is 4.36. The maximum Gasteiger partial charge on any atom is 0.259 e. The summed E-state index contributed by atoms with van der Waals surface area (Å²) >= 11 is 0. The summed E-state index contributed by atoms with van der Waals surface area (Å²) < 4.78 is 5.66. The summed E-state index contributed by atoms with van der Waals surface area (Å²) in [6.45, 7) is 4.35. The molecule has 1 N–H and O–H groups in total. The van der Waals surface area contributed by atoms with Gasteiger partial charge in [0.2, 0.25) is 5.91 Å². The van der Waals surface area contributed by atoms with Gasteiger partial charge in [-0.2, -0.15) is 0 Å². The molecule has 0 aliphatic carbocycles. The van der Waals surface area contributed by atoms with E-state index < -0.39 is 6.04 Å². The maximum atomic E-state index is 13.3. The van der Waals surface area contributed by atoms with Gasteiger partial charge >= 0.3 is 0 Å². The lowest BCUT2D eigenvalue weighted by Crippen LogP contribution is -2.48. The van der Waals surface area contributed by atoms with Crippen molar-refractivity contribution in [3.63, 3.8) is 0 Å². The largest absolute Gasteiger partial charge is 0.491 e. The van der Waals surface area contributed by atoms with Gasteiger partial charge in [0.1, 0.15) is 11.8 Å². The van der Waals surface area contributed by atoms with Crippen molar-refractivity contribution in [2.75, 3.05) is 4.90 Å². The molecule has 0 radical (unpaired) electrons. The summed E-state index contributed by atoms with van der Waals surface area (Å²) in [6.07, 6.45) is 0.615. The Morgan fingerprint density at radius 1 is 0.968 bits per heavy atom. The zero-order chi connectivity index (χ0) is 21.8. The van der Waals surface area contributed by atoms with Crippen molar-refractivity contribution < 1.29 is 14.3 Å². The molecule has 0 unspecified atom stereocenters. The zero-order valence-corrected chi connectivity index (χ0v) is 17.7. The Morgan fingerprint density at radius 2 is 1.65 bits per heavy atom. The topological polar surface area (TPSA) is 58.6 Å². The van der Waals surface area contributed by atoms with Gasteiger partial charge in [-0.25, -0.2) is 0 Å². The molecular formula is C26H26N2O3. The van der Waals surface area contributed by atoms with E-state index in [1.807, 2.05) is 80.6 Å². The molecule has 158 valence electrons. The molecule has 0 aromatic heterocycles. The van der Waals surface area contributed by atoms with E-state index in [1.165, 1.54) is 0 Å². The van der Waals surface area contributed by atoms with Crippen LogP contribution in [0, 0.1) is 0 Å². The minimum Gasteiger partial charge on any atom is -0.491 e. The molecule has 0 bridgehead atoms. The van der Waals surface area contributed by atoms with E-state index in [1.54, 1.807) is 17.0 Å². The van der Waals surface area contributed by atoms with Crippen molar-refractivity contribution >= 4 is 17.5 Å². The Hall–Kier alpha value is -3.60. The molecule has 1 aliphatic heterocycles. The molecule has 5 nitrogen and oxygen atoms in total. The fraction of sp³-hybridized carbons (Fsp3) is 0.231. The SMILES string of the molecule is CC(C)Oc1ccc(CNC(=O)[C@@H]2Cc3ccccc3N2C(=O)c2ccccc2)cc1. The maximum absolute atomic E-state index is 13.3. The molecule has 0 spiro atoms. The smallest absolute Gasteiger partial charge is 0.259 e. The van der Waals surface area contributed by atoms with Crippen molar-refractivity contribution in [2.24, 2.45) is 0 Å². The Morgan fingerprint density at radius 3 is 2.35 bits per heavy atom. The summed E-state index contributed by atoms with van der Waals surface area (Å²) in [5.41, 5.74) is 3.34. The second-order valence-electron chi connectivity index (χ2n) is 7.92. The molecule has 1 atom stereocenters. The first-order valence-corrected chi connectivity index (χ1v) is 10.5. The molecule has 1 heterocycles. The van der Waals surface area contributed by atoms with E-state index in [9.17, 15) is 9.59 Å². The van der Waals surface area contributed by atoms with Gasteiger partial charge in [-0.3, -0.25) is 14.5 Å². The number of rotatable bonds is 6. The van der Waals surface area contributed by atoms with Crippen LogP contribution in [0.15, 0.2) is 78.9 Å². The van der Waals surface area contributed by atoms with Crippen LogP contribution < -0.4 is 15.0 Å². The standard InChI is InChI=1S/C26H26N2O3/c1-18(2)31-22-14-12-19(13-15-22)17-27-25(29)24-16-21-10-6-7-11-23(21)28(24)26(30)20-8-4-3-5-9-20/h3-15,18,24H,16-17H2,1-2H3,(H,27,29)/t24-/m0/s1. The first-order chi connectivity index (χ1) is 15.0. The van der Waals surface area contributed by atoms with Gasteiger partial charge in [-0.15, -0.1) is 0 Å². The summed E-state index contributed by atoms with van der Waals surface area (Å²) in [7, 11) is 0. The lowest BCUT2D eigenvalue weighted by molar-refractivity contribution is -0.122. The number of hydrogen-bond donors (Lipinski definition) is 1. The number of ether oxygens (including phenoxy) is 1. The monoisotopic (exact) mass is 414 g/mol. The Kier molecular flexibility index (Phi) is 6.03. The molecule has 0 fully saturated rings. The van der Waals surface area contributed by atoms with Crippen LogP contribution in [0.2, 0.25) is 0 Å². The fourth-order valence-corrected chi connectivity index (χ4v) is 3.83. The van der Waals surface area contributed by atoms with Crippen LogP contribution in [0.5, 0.6) is 5.75 Å². The number of benzene rings is 3. The minimum atomic E-state index is -0.575. The number of nitrogens with zero attached hydrogens (tertiary/aromatic N) is 1. The molecule has 3 aromatic carbocycles. The molecule has 5 heteroatoms. The number of amides is 2. The predicted molar refractivity (Wildman–Crippen MR) is 121 cm³/mol. The van der Waals surface area contributed by atoms with E-state index >= 15 is 0 Å². The number of para-hydroxylation sites is 1. The van der Waals surface area contributed by atoms with E-state index in [0.717, 1.165) is 22.6 Å².